The van der Waals surface area contributed by atoms with Crippen molar-refractivity contribution in [1.29, 1.82) is 0 Å². The van der Waals surface area contributed by atoms with Gasteiger partial charge >= 0.3 is 0 Å². The van der Waals surface area contributed by atoms with Gasteiger partial charge in [-0.25, -0.2) is 4.90 Å². The van der Waals surface area contributed by atoms with Crippen LogP contribution < -0.4 is 9.64 Å². The lowest BCUT2D eigenvalue weighted by Crippen LogP contribution is -2.52. The van der Waals surface area contributed by atoms with E-state index in [4.69, 9.17) is 21.1 Å². The third kappa shape index (κ3) is 3.14. The van der Waals surface area contributed by atoms with Gasteiger partial charge in [0.25, 0.3) is 5.91 Å². The van der Waals surface area contributed by atoms with E-state index in [0.717, 1.165) is 0 Å². The molecule has 2 amide bonds. The number of halogens is 1. The number of imide groups is 1. The molecule has 130 valence electrons. The van der Waals surface area contributed by atoms with Gasteiger partial charge in [-0.05, 0) is 32.0 Å². The second-order valence-corrected chi connectivity index (χ2v) is 6.75. The highest BCUT2D eigenvalue weighted by Gasteiger charge is 2.45. The van der Waals surface area contributed by atoms with Crippen molar-refractivity contribution in [2.45, 2.75) is 38.5 Å². The van der Waals surface area contributed by atoms with E-state index < -0.39 is 6.04 Å². The number of carbonyl (C=O) groups excluding carboxylic acids is 2. The fourth-order valence-electron chi connectivity index (χ4n) is 3.46. The van der Waals surface area contributed by atoms with Gasteiger partial charge in [0.2, 0.25) is 5.91 Å². The highest BCUT2D eigenvalue weighted by atomic mass is 35.5. The molecule has 3 atom stereocenters. The maximum absolute atomic E-state index is 12.9. The molecule has 24 heavy (non-hydrogen) atoms. The van der Waals surface area contributed by atoms with Crippen LogP contribution in [0.4, 0.5) is 5.69 Å². The van der Waals surface area contributed by atoms with Crippen LogP contribution in [0.15, 0.2) is 18.2 Å². The molecule has 0 radical (unpaired) electrons. The first-order valence-corrected chi connectivity index (χ1v) is 8.38. The van der Waals surface area contributed by atoms with E-state index in [0.29, 0.717) is 29.5 Å². The third-order valence-corrected chi connectivity index (χ3v) is 4.63. The number of ether oxygens (including phenoxy) is 2. The zero-order valence-electron chi connectivity index (χ0n) is 14.0. The lowest BCUT2D eigenvalue weighted by molar-refractivity contribution is -0.127. The highest BCUT2D eigenvalue weighted by Crippen LogP contribution is 2.35. The van der Waals surface area contributed by atoms with Gasteiger partial charge in [0.05, 0.1) is 37.5 Å². The van der Waals surface area contributed by atoms with Crippen LogP contribution >= 0.6 is 11.6 Å². The Bertz CT molecular complexity index is 656. The molecule has 2 saturated heterocycles. The molecule has 0 aromatic heterocycles. The number of hydrogen-bond donors (Lipinski definition) is 0. The lowest BCUT2D eigenvalue weighted by atomic mass is 10.1. The van der Waals surface area contributed by atoms with Gasteiger partial charge in [0.1, 0.15) is 5.75 Å². The van der Waals surface area contributed by atoms with Crippen LogP contribution in [0.2, 0.25) is 5.02 Å². The van der Waals surface area contributed by atoms with Crippen molar-refractivity contribution in [1.82, 2.24) is 4.90 Å². The minimum atomic E-state index is -0.463. The second kappa shape index (κ2) is 6.70. The Hall–Kier alpha value is -1.63. The minimum absolute atomic E-state index is 0.0337. The number of hydrogen-bond acceptors (Lipinski definition) is 5. The molecule has 6 nitrogen and oxygen atoms in total. The molecule has 2 aliphatic heterocycles. The number of rotatable bonds is 3. The topological polar surface area (TPSA) is 59.1 Å². The number of carbonyl (C=O) groups is 2. The van der Waals surface area contributed by atoms with Crippen molar-refractivity contribution in [3.8, 4) is 5.75 Å². The van der Waals surface area contributed by atoms with Crippen LogP contribution in [0.3, 0.4) is 0 Å². The summed E-state index contributed by atoms with van der Waals surface area (Å²) in [5.74, 6) is -0.0234. The Balaban J connectivity index is 1.88. The van der Waals surface area contributed by atoms with Crippen molar-refractivity contribution < 1.29 is 19.1 Å². The Kier molecular flexibility index (Phi) is 4.80. The highest BCUT2D eigenvalue weighted by molar-refractivity contribution is 6.31. The Morgan fingerprint density at radius 1 is 1.21 bits per heavy atom. The quantitative estimate of drug-likeness (QED) is 0.780. The molecule has 0 saturated carbocycles. The zero-order chi connectivity index (χ0) is 17.4. The lowest BCUT2D eigenvalue weighted by Gasteiger charge is -2.37. The van der Waals surface area contributed by atoms with Crippen LogP contribution in [-0.2, 0) is 14.3 Å². The van der Waals surface area contributed by atoms with E-state index in [9.17, 15) is 9.59 Å². The van der Waals surface area contributed by atoms with Crippen LogP contribution in [0, 0.1) is 0 Å². The summed E-state index contributed by atoms with van der Waals surface area (Å²) in [5, 5.41) is 0.448. The van der Waals surface area contributed by atoms with Crippen molar-refractivity contribution in [2.24, 2.45) is 0 Å². The first kappa shape index (κ1) is 17.2. The number of nitrogens with zero attached hydrogens (tertiary/aromatic N) is 2. The summed E-state index contributed by atoms with van der Waals surface area (Å²) in [5.41, 5.74) is 0.400. The van der Waals surface area contributed by atoms with Gasteiger partial charge in [-0.15, -0.1) is 0 Å². The predicted octanol–water partition coefficient (Wildman–Crippen LogP) is 2.09. The maximum atomic E-state index is 12.9. The first-order chi connectivity index (χ1) is 11.4. The molecule has 0 bridgehead atoms. The molecule has 0 aliphatic carbocycles. The van der Waals surface area contributed by atoms with Crippen molar-refractivity contribution in [3.63, 3.8) is 0 Å². The Morgan fingerprint density at radius 3 is 2.50 bits per heavy atom. The van der Waals surface area contributed by atoms with Gasteiger partial charge in [-0.3, -0.25) is 14.5 Å². The molecular formula is C17H21ClN2O4. The fraction of sp³-hybridized carbons (Fsp3) is 0.529. The van der Waals surface area contributed by atoms with E-state index in [1.54, 1.807) is 18.2 Å². The fourth-order valence-corrected chi connectivity index (χ4v) is 3.63. The van der Waals surface area contributed by atoms with Gasteiger partial charge < -0.3 is 9.47 Å². The SMILES string of the molecule is COc1ccc(Cl)cc1N1C(=O)C[C@H](N2C[C@@H](C)O[C@H](C)C2)C1=O. The summed E-state index contributed by atoms with van der Waals surface area (Å²) in [6.45, 7) is 5.21. The summed E-state index contributed by atoms with van der Waals surface area (Å²) in [6.07, 6.45) is 0.228. The largest absolute Gasteiger partial charge is 0.495 e. The van der Waals surface area contributed by atoms with Crippen LogP contribution in [0.5, 0.6) is 5.75 Å². The molecule has 0 unspecified atom stereocenters. The smallest absolute Gasteiger partial charge is 0.251 e. The van der Waals surface area contributed by atoms with E-state index >= 15 is 0 Å². The van der Waals surface area contributed by atoms with Crippen LogP contribution in [0.1, 0.15) is 20.3 Å². The Morgan fingerprint density at radius 2 is 1.88 bits per heavy atom. The first-order valence-electron chi connectivity index (χ1n) is 8.00. The molecule has 2 fully saturated rings. The summed E-state index contributed by atoms with van der Waals surface area (Å²) in [4.78, 5) is 28.7. The van der Waals surface area contributed by atoms with Crippen molar-refractivity contribution in [2.75, 3.05) is 25.1 Å². The average molecular weight is 353 g/mol. The summed E-state index contributed by atoms with van der Waals surface area (Å²) >= 11 is 6.04. The number of amides is 2. The Labute approximate surface area is 146 Å². The number of anilines is 1. The summed E-state index contributed by atoms with van der Waals surface area (Å²) in [6, 6.07) is 4.45. The standard InChI is InChI=1S/C17H21ClN2O4/c1-10-8-19(9-11(2)24-10)14-7-16(21)20(17(14)22)13-6-12(18)4-5-15(13)23-3/h4-6,10-11,14H,7-9H2,1-3H3/t10-,11-,14+/m1/s1. The number of benzene rings is 1. The van der Waals surface area contributed by atoms with Crippen molar-refractivity contribution >= 4 is 29.1 Å². The minimum Gasteiger partial charge on any atom is -0.495 e. The normalized spacial score (nSPS) is 28.5. The third-order valence-electron chi connectivity index (χ3n) is 4.39. The second-order valence-electron chi connectivity index (χ2n) is 6.31. The number of methoxy groups -OCH3 is 1. The summed E-state index contributed by atoms with van der Waals surface area (Å²) in [7, 11) is 1.50. The molecule has 1 aromatic rings. The van der Waals surface area contributed by atoms with Gasteiger partial charge in [0.15, 0.2) is 0 Å². The molecule has 7 heteroatoms. The van der Waals surface area contributed by atoms with Crippen molar-refractivity contribution in [3.05, 3.63) is 23.2 Å². The predicted molar refractivity (Wildman–Crippen MR) is 90.5 cm³/mol. The monoisotopic (exact) mass is 352 g/mol. The van der Waals surface area contributed by atoms with E-state index in [1.165, 1.54) is 12.0 Å². The maximum Gasteiger partial charge on any atom is 0.251 e. The van der Waals surface area contributed by atoms with Gasteiger partial charge in [0, 0.05) is 18.1 Å². The zero-order valence-corrected chi connectivity index (χ0v) is 14.7. The molecular weight excluding hydrogens is 332 g/mol. The van der Waals surface area contributed by atoms with Crippen LogP contribution in [-0.4, -0.2) is 55.2 Å². The van der Waals surface area contributed by atoms with Gasteiger partial charge in [-0.2, -0.15) is 0 Å². The molecule has 3 rings (SSSR count). The molecule has 2 aliphatic rings. The molecule has 0 N–H and O–H groups in total. The summed E-state index contributed by atoms with van der Waals surface area (Å²) < 4.78 is 11.0. The molecule has 0 spiro atoms. The average Bonchev–Trinajstić information content (AvgIpc) is 2.81. The molecule has 2 heterocycles. The van der Waals surface area contributed by atoms with Crippen LogP contribution in [0.25, 0.3) is 0 Å². The van der Waals surface area contributed by atoms with E-state index in [1.807, 2.05) is 18.7 Å². The van der Waals surface area contributed by atoms with Gasteiger partial charge in [-0.1, -0.05) is 11.6 Å². The van der Waals surface area contributed by atoms with E-state index in [2.05, 4.69) is 0 Å². The molecule has 1 aromatic carbocycles. The number of morpholine rings is 1. The van der Waals surface area contributed by atoms with E-state index in [-0.39, 0.29) is 30.4 Å².